The Bertz CT molecular complexity index is 1810. The van der Waals surface area contributed by atoms with Crippen LogP contribution in [0.3, 0.4) is 0 Å². The van der Waals surface area contributed by atoms with E-state index in [1.165, 1.54) is 17.8 Å². The van der Waals surface area contributed by atoms with E-state index in [9.17, 15) is 13.2 Å². The Balaban J connectivity index is 1.53. The van der Waals surface area contributed by atoms with E-state index in [4.69, 9.17) is 38.4 Å². The lowest BCUT2D eigenvalue weighted by Gasteiger charge is -2.12. The number of halogens is 2. The number of rotatable bonds is 5. The monoisotopic (exact) mass is 590 g/mol. The van der Waals surface area contributed by atoms with Crippen LogP contribution in [0.15, 0.2) is 67.5 Å². The lowest BCUT2D eigenvalue weighted by molar-refractivity contribution is 0.174. The molecule has 0 aliphatic carbocycles. The number of ether oxygens (including phenoxy) is 2. The smallest absolute Gasteiger partial charge is 0.286 e. The fraction of sp³-hybridized carbons (Fsp3) is 0.160. The summed E-state index contributed by atoms with van der Waals surface area (Å²) < 4.78 is 42.2. The van der Waals surface area contributed by atoms with Gasteiger partial charge in [0.2, 0.25) is 12.8 Å². The van der Waals surface area contributed by atoms with Gasteiger partial charge >= 0.3 is 0 Å². The normalized spacial score (nSPS) is 13.3. The molecule has 3 aromatic carbocycles. The SMILES string of the molecule is Cc1cc(S(=O)(=O)/N=C(\N)n2nc(C)c3ccccc3c2=O)c(SCc2cc3c(cc2Cl)OCO3)cc1Cl. The molecule has 196 valence electrons. The van der Waals surface area contributed by atoms with Crippen molar-refractivity contribution in [3.8, 4) is 11.5 Å². The van der Waals surface area contributed by atoms with Crippen molar-refractivity contribution in [3.05, 3.63) is 85.8 Å². The molecule has 5 rings (SSSR count). The molecule has 1 aromatic heterocycles. The predicted molar refractivity (Wildman–Crippen MR) is 148 cm³/mol. The van der Waals surface area contributed by atoms with E-state index in [1.54, 1.807) is 56.3 Å². The molecule has 0 spiro atoms. The molecule has 0 unspecified atom stereocenters. The molecule has 1 aliphatic rings. The molecule has 38 heavy (non-hydrogen) atoms. The van der Waals surface area contributed by atoms with Crippen molar-refractivity contribution >= 4 is 61.7 Å². The van der Waals surface area contributed by atoms with Crippen LogP contribution in [0.2, 0.25) is 10.0 Å². The van der Waals surface area contributed by atoms with Crippen LogP contribution in [0.4, 0.5) is 0 Å². The van der Waals surface area contributed by atoms with Gasteiger partial charge in [0, 0.05) is 32.1 Å². The van der Waals surface area contributed by atoms with Crippen molar-refractivity contribution in [2.45, 2.75) is 29.4 Å². The third-order valence-corrected chi connectivity index (χ3v) is 9.16. The fourth-order valence-electron chi connectivity index (χ4n) is 3.89. The minimum absolute atomic E-state index is 0.103. The van der Waals surface area contributed by atoms with Crippen LogP contribution in [0.25, 0.3) is 10.8 Å². The lowest BCUT2D eigenvalue weighted by Crippen LogP contribution is -2.36. The van der Waals surface area contributed by atoms with Crippen molar-refractivity contribution < 1.29 is 17.9 Å². The van der Waals surface area contributed by atoms with Gasteiger partial charge in [-0.2, -0.15) is 18.2 Å². The van der Waals surface area contributed by atoms with Gasteiger partial charge in [-0.25, -0.2) is 0 Å². The van der Waals surface area contributed by atoms with Crippen molar-refractivity contribution in [2.75, 3.05) is 6.79 Å². The number of aromatic nitrogens is 2. The number of benzene rings is 3. The first kappa shape index (κ1) is 26.4. The van der Waals surface area contributed by atoms with Crippen molar-refractivity contribution in [1.82, 2.24) is 9.78 Å². The van der Waals surface area contributed by atoms with Gasteiger partial charge in [0.05, 0.1) is 11.1 Å². The standard InChI is InChI=1S/C25H20Cl2N4O5S2/c1-13-7-23(22(10-18(13)26)37-11-15-8-20-21(9-19(15)27)36-12-35-20)38(33,34)30-25(28)31-24(32)17-6-4-3-5-16(17)14(2)29-31/h3-10H,11-12H2,1-2H3,(H2,28,30). The summed E-state index contributed by atoms with van der Waals surface area (Å²) >= 11 is 13.9. The number of aryl methyl sites for hydroxylation is 2. The van der Waals surface area contributed by atoms with E-state index in [-0.39, 0.29) is 11.7 Å². The number of fused-ring (bicyclic) bond motifs is 2. The summed E-state index contributed by atoms with van der Waals surface area (Å²) in [6.45, 7) is 3.47. The average Bonchev–Trinajstić information content (AvgIpc) is 3.33. The molecule has 2 heterocycles. The van der Waals surface area contributed by atoms with E-state index in [0.717, 1.165) is 4.68 Å². The number of hydrogen-bond donors (Lipinski definition) is 1. The molecule has 4 aromatic rings. The number of nitrogens with zero attached hydrogens (tertiary/aromatic N) is 3. The Morgan fingerprint density at radius 3 is 2.50 bits per heavy atom. The first-order chi connectivity index (χ1) is 18.0. The van der Waals surface area contributed by atoms with E-state index in [2.05, 4.69) is 9.50 Å². The zero-order chi connectivity index (χ0) is 27.2. The Morgan fingerprint density at radius 2 is 1.76 bits per heavy atom. The maximum atomic E-state index is 13.5. The highest BCUT2D eigenvalue weighted by Gasteiger charge is 2.23. The van der Waals surface area contributed by atoms with E-state index in [1.807, 2.05) is 0 Å². The highest BCUT2D eigenvalue weighted by Crippen LogP contribution is 2.40. The Hall–Kier alpha value is -3.25. The number of sulfonamides is 1. The molecular weight excluding hydrogens is 571 g/mol. The van der Waals surface area contributed by atoms with Gasteiger partial charge in [-0.15, -0.1) is 16.2 Å². The van der Waals surface area contributed by atoms with E-state index >= 15 is 0 Å². The summed E-state index contributed by atoms with van der Waals surface area (Å²) in [7, 11) is -4.38. The summed E-state index contributed by atoms with van der Waals surface area (Å²) in [4.78, 5) is 13.2. The molecular formula is C25H20Cl2N4O5S2. The minimum atomic E-state index is -4.38. The van der Waals surface area contributed by atoms with Gasteiger partial charge in [0.1, 0.15) is 4.90 Å². The van der Waals surface area contributed by atoms with Crippen LogP contribution in [0.5, 0.6) is 11.5 Å². The lowest BCUT2D eigenvalue weighted by atomic mass is 10.1. The largest absolute Gasteiger partial charge is 0.454 e. The van der Waals surface area contributed by atoms with Crippen LogP contribution in [0.1, 0.15) is 16.8 Å². The summed E-state index contributed by atoms with van der Waals surface area (Å²) in [5.41, 5.74) is 7.19. The molecule has 9 nitrogen and oxygen atoms in total. The van der Waals surface area contributed by atoms with Gasteiger partial charge in [0.25, 0.3) is 15.6 Å². The molecule has 0 fully saturated rings. The van der Waals surface area contributed by atoms with Crippen molar-refractivity contribution in [3.63, 3.8) is 0 Å². The quantitative estimate of drug-likeness (QED) is 0.198. The highest BCUT2D eigenvalue weighted by molar-refractivity contribution is 7.99. The van der Waals surface area contributed by atoms with Crippen LogP contribution in [-0.2, 0) is 15.8 Å². The number of thioether (sulfide) groups is 1. The topological polar surface area (TPSA) is 126 Å². The Labute approximate surface area is 232 Å². The number of nitrogens with two attached hydrogens (primary N) is 1. The Morgan fingerprint density at radius 1 is 1.08 bits per heavy atom. The maximum absolute atomic E-state index is 13.5. The van der Waals surface area contributed by atoms with Crippen molar-refractivity contribution in [2.24, 2.45) is 10.1 Å². The zero-order valence-electron chi connectivity index (χ0n) is 20.1. The van der Waals surface area contributed by atoms with Crippen LogP contribution in [0, 0.1) is 13.8 Å². The molecule has 1 aliphatic heterocycles. The van der Waals surface area contributed by atoms with Crippen LogP contribution >= 0.6 is 35.0 Å². The van der Waals surface area contributed by atoms with Gasteiger partial charge in [-0.1, -0.05) is 41.4 Å². The molecule has 2 N–H and O–H groups in total. The summed E-state index contributed by atoms with van der Waals surface area (Å²) in [5.74, 6) is 0.830. The third kappa shape index (κ3) is 4.94. The second-order valence-electron chi connectivity index (χ2n) is 8.41. The van der Waals surface area contributed by atoms with Gasteiger partial charge in [-0.05, 0) is 49.2 Å². The first-order valence-electron chi connectivity index (χ1n) is 11.2. The molecule has 0 amide bonds. The van der Waals surface area contributed by atoms with E-state index in [0.29, 0.717) is 59.8 Å². The second kappa shape index (κ2) is 10.1. The predicted octanol–water partition coefficient (Wildman–Crippen LogP) is 4.89. The van der Waals surface area contributed by atoms with Crippen molar-refractivity contribution in [1.29, 1.82) is 0 Å². The summed E-state index contributed by atoms with van der Waals surface area (Å²) in [6, 6.07) is 13.2. The number of hydrogen-bond acceptors (Lipinski definition) is 7. The summed E-state index contributed by atoms with van der Waals surface area (Å²) in [5, 5.41) is 5.97. The molecule has 0 bridgehead atoms. The molecule has 0 radical (unpaired) electrons. The van der Waals surface area contributed by atoms with Crippen LogP contribution in [-0.4, -0.2) is 31.0 Å². The molecule has 13 heteroatoms. The molecule has 0 saturated heterocycles. The molecule has 0 atom stereocenters. The van der Waals surface area contributed by atoms with Gasteiger partial charge < -0.3 is 15.2 Å². The first-order valence-corrected chi connectivity index (χ1v) is 14.3. The van der Waals surface area contributed by atoms with E-state index < -0.39 is 21.5 Å². The third-order valence-electron chi connectivity index (χ3n) is 5.85. The second-order valence-corrected chi connectivity index (χ2v) is 11.8. The average molecular weight is 591 g/mol. The molecule has 0 saturated carbocycles. The Kier molecular flexibility index (Phi) is 7.03. The maximum Gasteiger partial charge on any atom is 0.286 e. The van der Waals surface area contributed by atoms with Crippen LogP contribution < -0.4 is 20.8 Å². The highest BCUT2D eigenvalue weighted by atomic mass is 35.5. The van der Waals surface area contributed by atoms with Gasteiger partial charge in [0.15, 0.2) is 11.5 Å². The fourth-order valence-corrected chi connectivity index (χ4v) is 6.93. The van der Waals surface area contributed by atoms with Gasteiger partial charge in [-0.3, -0.25) is 4.79 Å². The summed E-state index contributed by atoms with van der Waals surface area (Å²) in [6.07, 6.45) is 0. The zero-order valence-corrected chi connectivity index (χ0v) is 23.2. The minimum Gasteiger partial charge on any atom is -0.454 e.